The molecular formula is C9H8ClF2N. The molecule has 1 heterocycles. The molecule has 0 bridgehead atoms. The molecule has 4 heteroatoms. The molecule has 1 nitrogen and oxygen atoms in total. The van der Waals surface area contributed by atoms with E-state index in [4.69, 9.17) is 11.6 Å². The summed E-state index contributed by atoms with van der Waals surface area (Å²) < 4.78 is 24.7. The van der Waals surface area contributed by atoms with Crippen LogP contribution in [0.3, 0.4) is 0 Å². The van der Waals surface area contributed by atoms with Crippen LogP contribution in [0.25, 0.3) is 0 Å². The Morgan fingerprint density at radius 2 is 2.08 bits per heavy atom. The summed E-state index contributed by atoms with van der Waals surface area (Å²) in [6, 6.07) is 2.87. The molecule has 0 unspecified atom stereocenters. The summed E-state index contributed by atoms with van der Waals surface area (Å²) in [7, 11) is 0. The van der Waals surface area contributed by atoms with Gasteiger partial charge in [0.1, 0.15) is 0 Å². The SMILES string of the molecule is FC(F)c1cc(Cl)c2c(c1)CNC2. The number of halogens is 3. The third-order valence-corrected chi connectivity index (χ3v) is 2.52. The Balaban J connectivity index is 2.49. The molecule has 1 aromatic rings. The standard InChI is InChI=1S/C9H8ClF2N/c10-8-2-5(9(11)12)1-6-3-13-4-7(6)8/h1-2,9,13H,3-4H2. The third kappa shape index (κ3) is 1.54. The Bertz CT molecular complexity index is 339. The third-order valence-electron chi connectivity index (χ3n) is 2.18. The fourth-order valence-electron chi connectivity index (χ4n) is 1.52. The molecule has 1 aliphatic heterocycles. The Labute approximate surface area is 79.7 Å². The van der Waals surface area contributed by atoms with E-state index in [1.54, 1.807) is 0 Å². The van der Waals surface area contributed by atoms with Crippen LogP contribution in [0.2, 0.25) is 5.02 Å². The van der Waals surface area contributed by atoms with Crippen molar-refractivity contribution in [2.24, 2.45) is 0 Å². The summed E-state index contributed by atoms with van der Waals surface area (Å²) in [5, 5.41) is 3.51. The molecule has 0 saturated heterocycles. The van der Waals surface area contributed by atoms with Gasteiger partial charge < -0.3 is 5.32 Å². The monoisotopic (exact) mass is 203 g/mol. The van der Waals surface area contributed by atoms with Crippen molar-refractivity contribution in [3.8, 4) is 0 Å². The topological polar surface area (TPSA) is 12.0 Å². The Hall–Kier alpha value is -0.670. The summed E-state index contributed by atoms with van der Waals surface area (Å²) in [5.74, 6) is 0. The van der Waals surface area contributed by atoms with Crippen LogP contribution in [0.15, 0.2) is 12.1 Å². The number of hydrogen-bond donors (Lipinski definition) is 1. The maximum atomic E-state index is 12.3. The predicted molar refractivity (Wildman–Crippen MR) is 47.0 cm³/mol. The van der Waals surface area contributed by atoms with E-state index in [1.807, 2.05) is 0 Å². The molecule has 0 atom stereocenters. The Morgan fingerprint density at radius 1 is 1.31 bits per heavy atom. The summed E-state index contributed by atoms with van der Waals surface area (Å²) in [4.78, 5) is 0. The summed E-state index contributed by atoms with van der Waals surface area (Å²) >= 11 is 5.85. The normalized spacial score (nSPS) is 15.1. The molecule has 1 aliphatic rings. The summed E-state index contributed by atoms with van der Waals surface area (Å²) in [5.41, 5.74) is 1.85. The zero-order chi connectivity index (χ0) is 9.42. The molecule has 1 aromatic carbocycles. The lowest BCUT2D eigenvalue weighted by atomic mass is 10.1. The highest BCUT2D eigenvalue weighted by atomic mass is 35.5. The van der Waals surface area contributed by atoms with Crippen LogP contribution in [0.1, 0.15) is 23.1 Å². The minimum atomic E-state index is -2.44. The number of nitrogens with one attached hydrogen (secondary N) is 1. The van der Waals surface area contributed by atoms with E-state index >= 15 is 0 Å². The van der Waals surface area contributed by atoms with E-state index in [1.165, 1.54) is 12.1 Å². The lowest BCUT2D eigenvalue weighted by molar-refractivity contribution is 0.151. The minimum absolute atomic E-state index is 0.00690. The second-order valence-electron chi connectivity index (χ2n) is 3.04. The molecular weight excluding hydrogens is 196 g/mol. The van der Waals surface area contributed by atoms with Gasteiger partial charge in [0.25, 0.3) is 6.43 Å². The van der Waals surface area contributed by atoms with Crippen LogP contribution in [-0.2, 0) is 13.1 Å². The van der Waals surface area contributed by atoms with Gasteiger partial charge in [-0.1, -0.05) is 11.6 Å². The van der Waals surface area contributed by atoms with Crippen molar-refractivity contribution in [2.45, 2.75) is 19.5 Å². The number of fused-ring (bicyclic) bond motifs is 1. The van der Waals surface area contributed by atoms with Crippen LogP contribution in [-0.4, -0.2) is 0 Å². The first-order valence-electron chi connectivity index (χ1n) is 3.98. The second kappa shape index (κ2) is 3.24. The number of rotatable bonds is 1. The van der Waals surface area contributed by atoms with Crippen molar-refractivity contribution < 1.29 is 8.78 Å². The first kappa shape index (κ1) is 8.91. The van der Waals surface area contributed by atoms with Crippen LogP contribution in [0.4, 0.5) is 8.78 Å². The molecule has 0 amide bonds. The van der Waals surface area contributed by atoms with Gasteiger partial charge in [-0.15, -0.1) is 0 Å². The van der Waals surface area contributed by atoms with Crippen LogP contribution >= 0.6 is 11.6 Å². The average molecular weight is 204 g/mol. The van der Waals surface area contributed by atoms with E-state index < -0.39 is 6.43 Å². The van der Waals surface area contributed by atoms with Gasteiger partial charge in [0.15, 0.2) is 0 Å². The van der Waals surface area contributed by atoms with Gasteiger partial charge in [-0.25, -0.2) is 8.78 Å². The fourth-order valence-corrected chi connectivity index (χ4v) is 1.83. The van der Waals surface area contributed by atoms with Gasteiger partial charge in [-0.2, -0.15) is 0 Å². The molecule has 70 valence electrons. The van der Waals surface area contributed by atoms with E-state index in [2.05, 4.69) is 5.32 Å². The number of alkyl halides is 2. The highest BCUT2D eigenvalue weighted by Gasteiger charge is 2.17. The zero-order valence-electron chi connectivity index (χ0n) is 6.78. The van der Waals surface area contributed by atoms with Crippen LogP contribution in [0.5, 0.6) is 0 Å². The van der Waals surface area contributed by atoms with Gasteiger partial charge >= 0.3 is 0 Å². The first-order valence-corrected chi connectivity index (χ1v) is 4.36. The Morgan fingerprint density at radius 3 is 2.77 bits per heavy atom. The second-order valence-corrected chi connectivity index (χ2v) is 3.45. The molecule has 0 spiro atoms. The van der Waals surface area contributed by atoms with E-state index in [0.29, 0.717) is 18.1 Å². The summed E-state index contributed by atoms with van der Waals surface area (Å²) in [6.45, 7) is 1.31. The lowest BCUT2D eigenvalue weighted by Gasteiger charge is -2.05. The van der Waals surface area contributed by atoms with Crippen LogP contribution < -0.4 is 5.32 Å². The average Bonchev–Trinajstić information content (AvgIpc) is 2.51. The van der Waals surface area contributed by atoms with Gasteiger partial charge in [0.05, 0.1) is 0 Å². The van der Waals surface area contributed by atoms with Crippen molar-refractivity contribution in [2.75, 3.05) is 0 Å². The van der Waals surface area contributed by atoms with E-state index in [0.717, 1.165) is 11.1 Å². The maximum absolute atomic E-state index is 12.3. The molecule has 0 aliphatic carbocycles. The predicted octanol–water partition coefficient (Wildman–Crippen LogP) is 2.88. The lowest BCUT2D eigenvalue weighted by Crippen LogP contribution is -2.00. The van der Waals surface area contributed by atoms with Crippen LogP contribution in [0, 0.1) is 0 Å². The molecule has 1 N–H and O–H groups in total. The number of benzene rings is 1. The van der Waals surface area contributed by atoms with Crippen molar-refractivity contribution in [3.05, 3.63) is 33.8 Å². The highest BCUT2D eigenvalue weighted by molar-refractivity contribution is 6.31. The number of hydrogen-bond acceptors (Lipinski definition) is 1. The van der Waals surface area contributed by atoms with Crippen molar-refractivity contribution in [3.63, 3.8) is 0 Å². The molecule has 2 rings (SSSR count). The molecule has 0 aromatic heterocycles. The fraction of sp³-hybridized carbons (Fsp3) is 0.333. The van der Waals surface area contributed by atoms with Gasteiger partial charge in [0.2, 0.25) is 0 Å². The molecule has 0 radical (unpaired) electrons. The molecule has 0 saturated carbocycles. The van der Waals surface area contributed by atoms with E-state index in [9.17, 15) is 8.78 Å². The van der Waals surface area contributed by atoms with Crippen molar-refractivity contribution >= 4 is 11.6 Å². The highest BCUT2D eigenvalue weighted by Crippen LogP contribution is 2.30. The molecule has 0 fully saturated rings. The van der Waals surface area contributed by atoms with Crippen molar-refractivity contribution in [1.82, 2.24) is 5.32 Å². The zero-order valence-corrected chi connectivity index (χ0v) is 7.54. The van der Waals surface area contributed by atoms with Gasteiger partial charge in [-0.05, 0) is 23.3 Å². The van der Waals surface area contributed by atoms with Crippen molar-refractivity contribution in [1.29, 1.82) is 0 Å². The maximum Gasteiger partial charge on any atom is 0.263 e. The Kier molecular flexibility index (Phi) is 2.22. The largest absolute Gasteiger partial charge is 0.309 e. The quantitative estimate of drug-likeness (QED) is 0.740. The van der Waals surface area contributed by atoms with E-state index in [-0.39, 0.29) is 5.56 Å². The summed E-state index contributed by atoms with van der Waals surface area (Å²) in [6.07, 6.45) is -2.44. The van der Waals surface area contributed by atoms with Gasteiger partial charge in [0, 0.05) is 23.7 Å². The molecule has 13 heavy (non-hydrogen) atoms. The first-order chi connectivity index (χ1) is 6.18. The minimum Gasteiger partial charge on any atom is -0.309 e. The van der Waals surface area contributed by atoms with Gasteiger partial charge in [-0.3, -0.25) is 0 Å². The smallest absolute Gasteiger partial charge is 0.263 e.